The second-order valence-corrected chi connectivity index (χ2v) is 4.20. The van der Waals surface area contributed by atoms with Gasteiger partial charge in [-0.2, -0.15) is 5.48 Å². The van der Waals surface area contributed by atoms with Crippen LogP contribution in [0.5, 0.6) is 0 Å². The van der Waals surface area contributed by atoms with Crippen molar-refractivity contribution in [2.24, 2.45) is 0 Å². The fourth-order valence-electron chi connectivity index (χ4n) is 2.09. The zero-order valence-corrected chi connectivity index (χ0v) is 9.47. The molecule has 0 spiro atoms. The van der Waals surface area contributed by atoms with Crippen LogP contribution in [0, 0.1) is 0 Å². The maximum absolute atomic E-state index is 8.92. The Kier molecular flexibility index (Phi) is 2.35. The number of para-hydroxylation sites is 1. The van der Waals surface area contributed by atoms with E-state index in [9.17, 15) is 0 Å². The lowest BCUT2D eigenvalue weighted by Crippen LogP contribution is -2.12. The van der Waals surface area contributed by atoms with E-state index in [-0.39, 0.29) is 6.04 Å². The minimum Gasteiger partial charge on any atom is -0.456 e. The summed E-state index contributed by atoms with van der Waals surface area (Å²) in [5.74, 6) is 0. The number of hydroxylamine groups is 1. The molecule has 0 saturated carbocycles. The van der Waals surface area contributed by atoms with E-state index in [4.69, 9.17) is 9.62 Å². The van der Waals surface area contributed by atoms with Crippen molar-refractivity contribution >= 4 is 21.9 Å². The van der Waals surface area contributed by atoms with Crippen LogP contribution in [0.4, 0.5) is 0 Å². The van der Waals surface area contributed by atoms with Crippen molar-refractivity contribution in [2.75, 3.05) is 0 Å². The molecule has 86 valence electrons. The first-order valence-corrected chi connectivity index (χ1v) is 5.60. The van der Waals surface area contributed by atoms with Gasteiger partial charge in [-0.15, -0.1) is 0 Å². The number of benzene rings is 2. The van der Waals surface area contributed by atoms with Crippen LogP contribution in [0.25, 0.3) is 21.9 Å². The predicted molar refractivity (Wildman–Crippen MR) is 67.1 cm³/mol. The largest absolute Gasteiger partial charge is 0.456 e. The van der Waals surface area contributed by atoms with Crippen molar-refractivity contribution in [3.05, 3.63) is 48.0 Å². The molecule has 2 aromatic carbocycles. The quantitative estimate of drug-likeness (QED) is 0.657. The third-order valence-corrected chi connectivity index (χ3v) is 3.10. The van der Waals surface area contributed by atoms with Crippen LogP contribution in [-0.2, 0) is 0 Å². The maximum Gasteiger partial charge on any atom is 0.135 e. The summed E-state index contributed by atoms with van der Waals surface area (Å²) in [6.45, 7) is 1.89. The molecule has 3 rings (SSSR count). The zero-order chi connectivity index (χ0) is 11.8. The highest BCUT2D eigenvalue weighted by Crippen LogP contribution is 2.30. The van der Waals surface area contributed by atoms with Crippen molar-refractivity contribution < 1.29 is 9.62 Å². The van der Waals surface area contributed by atoms with Gasteiger partial charge in [0.25, 0.3) is 0 Å². The lowest BCUT2D eigenvalue weighted by molar-refractivity contribution is 0.133. The van der Waals surface area contributed by atoms with Gasteiger partial charge in [0.05, 0.1) is 6.04 Å². The Morgan fingerprint density at radius 1 is 1.06 bits per heavy atom. The summed E-state index contributed by atoms with van der Waals surface area (Å²) in [4.78, 5) is 0. The Labute approximate surface area is 98.6 Å². The number of fused-ring (bicyclic) bond motifs is 3. The van der Waals surface area contributed by atoms with Gasteiger partial charge in [0.1, 0.15) is 11.2 Å². The van der Waals surface area contributed by atoms with E-state index in [1.54, 1.807) is 0 Å². The topological polar surface area (TPSA) is 45.4 Å². The van der Waals surface area contributed by atoms with Gasteiger partial charge >= 0.3 is 0 Å². The van der Waals surface area contributed by atoms with Crippen molar-refractivity contribution in [1.82, 2.24) is 5.48 Å². The molecule has 17 heavy (non-hydrogen) atoms. The second-order valence-electron chi connectivity index (χ2n) is 4.20. The summed E-state index contributed by atoms with van der Waals surface area (Å²) < 4.78 is 5.78. The highest BCUT2D eigenvalue weighted by molar-refractivity contribution is 6.04. The summed E-state index contributed by atoms with van der Waals surface area (Å²) in [5, 5.41) is 11.1. The van der Waals surface area contributed by atoms with Gasteiger partial charge in [-0.3, -0.25) is 0 Å². The normalized spacial score (nSPS) is 13.3. The molecule has 2 N–H and O–H groups in total. The number of hydrogen-bond donors (Lipinski definition) is 2. The second kappa shape index (κ2) is 3.87. The van der Waals surface area contributed by atoms with Gasteiger partial charge in [0.15, 0.2) is 0 Å². The van der Waals surface area contributed by atoms with Gasteiger partial charge in [0, 0.05) is 10.8 Å². The Bertz CT molecular complexity index is 672. The summed E-state index contributed by atoms with van der Waals surface area (Å²) in [6.07, 6.45) is 0. The molecule has 0 fully saturated rings. The van der Waals surface area contributed by atoms with E-state index < -0.39 is 0 Å². The maximum atomic E-state index is 8.92. The van der Waals surface area contributed by atoms with Gasteiger partial charge < -0.3 is 9.62 Å². The van der Waals surface area contributed by atoms with E-state index in [0.717, 1.165) is 27.5 Å². The fourth-order valence-corrected chi connectivity index (χ4v) is 2.09. The number of hydrogen-bond acceptors (Lipinski definition) is 3. The molecule has 3 nitrogen and oxygen atoms in total. The standard InChI is InChI=1S/C14H13NO2/c1-9(15-16)10-6-7-12-11-4-2-3-5-13(11)17-14(12)8-10/h2-9,15-16H,1H3. The zero-order valence-electron chi connectivity index (χ0n) is 9.47. The Hall–Kier alpha value is -1.84. The van der Waals surface area contributed by atoms with Crippen LogP contribution in [0.3, 0.4) is 0 Å². The Morgan fingerprint density at radius 3 is 2.65 bits per heavy atom. The summed E-state index contributed by atoms with van der Waals surface area (Å²) in [6, 6.07) is 13.9. The summed E-state index contributed by atoms with van der Waals surface area (Å²) in [5.41, 5.74) is 4.98. The van der Waals surface area contributed by atoms with Crippen molar-refractivity contribution in [3.63, 3.8) is 0 Å². The smallest absolute Gasteiger partial charge is 0.135 e. The van der Waals surface area contributed by atoms with Gasteiger partial charge in [-0.05, 0) is 24.6 Å². The number of nitrogens with one attached hydrogen (secondary N) is 1. The van der Waals surface area contributed by atoms with E-state index in [0.29, 0.717) is 0 Å². The Balaban J connectivity index is 2.26. The van der Waals surface area contributed by atoms with Gasteiger partial charge in [-0.1, -0.05) is 30.3 Å². The lowest BCUT2D eigenvalue weighted by atomic mass is 10.1. The first-order valence-electron chi connectivity index (χ1n) is 5.60. The Morgan fingerprint density at radius 2 is 1.82 bits per heavy atom. The molecule has 1 heterocycles. The minimum absolute atomic E-state index is 0.104. The molecule has 0 bridgehead atoms. The van der Waals surface area contributed by atoms with Crippen LogP contribution in [0.1, 0.15) is 18.5 Å². The molecule has 0 aliphatic rings. The van der Waals surface area contributed by atoms with E-state index in [1.807, 2.05) is 43.3 Å². The average molecular weight is 227 g/mol. The first kappa shape index (κ1) is 10.3. The van der Waals surface area contributed by atoms with Crippen LogP contribution in [0.2, 0.25) is 0 Å². The van der Waals surface area contributed by atoms with Gasteiger partial charge in [0.2, 0.25) is 0 Å². The van der Waals surface area contributed by atoms with Gasteiger partial charge in [-0.25, -0.2) is 0 Å². The van der Waals surface area contributed by atoms with Crippen LogP contribution in [0.15, 0.2) is 46.9 Å². The third kappa shape index (κ3) is 1.60. The minimum atomic E-state index is -0.104. The lowest BCUT2D eigenvalue weighted by Gasteiger charge is -2.08. The predicted octanol–water partition coefficient (Wildman–Crippen LogP) is 3.63. The number of furan rings is 1. The van der Waals surface area contributed by atoms with Crippen LogP contribution >= 0.6 is 0 Å². The van der Waals surface area contributed by atoms with Crippen LogP contribution < -0.4 is 5.48 Å². The summed E-state index contributed by atoms with van der Waals surface area (Å²) >= 11 is 0. The number of rotatable bonds is 2. The first-order chi connectivity index (χ1) is 8.29. The molecule has 3 aromatic rings. The molecule has 1 atom stereocenters. The molecule has 1 unspecified atom stereocenters. The fraction of sp³-hybridized carbons (Fsp3) is 0.143. The van der Waals surface area contributed by atoms with E-state index >= 15 is 0 Å². The third-order valence-electron chi connectivity index (χ3n) is 3.10. The summed E-state index contributed by atoms with van der Waals surface area (Å²) in [7, 11) is 0. The highest BCUT2D eigenvalue weighted by Gasteiger charge is 2.09. The van der Waals surface area contributed by atoms with Crippen molar-refractivity contribution in [1.29, 1.82) is 0 Å². The molecule has 0 aliphatic carbocycles. The molecule has 0 aliphatic heterocycles. The molecular weight excluding hydrogens is 214 g/mol. The highest BCUT2D eigenvalue weighted by atomic mass is 16.5. The molecule has 0 saturated heterocycles. The molecular formula is C14H13NO2. The van der Waals surface area contributed by atoms with Crippen LogP contribution in [-0.4, -0.2) is 5.21 Å². The van der Waals surface area contributed by atoms with Crippen molar-refractivity contribution in [2.45, 2.75) is 13.0 Å². The molecule has 1 aromatic heterocycles. The molecule has 0 radical (unpaired) electrons. The SMILES string of the molecule is CC(NO)c1ccc2c(c1)oc1ccccc12. The molecule has 0 amide bonds. The average Bonchev–Trinajstić information content (AvgIpc) is 2.75. The molecule has 3 heteroatoms. The van der Waals surface area contributed by atoms with Crippen molar-refractivity contribution in [3.8, 4) is 0 Å². The monoisotopic (exact) mass is 227 g/mol. The van der Waals surface area contributed by atoms with E-state index in [1.165, 1.54) is 0 Å². The van der Waals surface area contributed by atoms with E-state index in [2.05, 4.69) is 11.5 Å².